The fourth-order valence-electron chi connectivity index (χ4n) is 0.727. The summed E-state index contributed by atoms with van der Waals surface area (Å²) in [6.07, 6.45) is -0.778. The third kappa shape index (κ3) is 4.26. The van der Waals surface area contributed by atoms with Crippen LogP contribution in [0.2, 0.25) is 0 Å². The molecule has 6 nitrogen and oxygen atoms in total. The Morgan fingerprint density at radius 1 is 1.17 bits per heavy atom. The molecule has 0 heterocycles. The van der Waals surface area contributed by atoms with Crippen LogP contribution < -0.4 is 11.5 Å². The number of aliphatic carboxylic acids is 1. The predicted molar refractivity (Wildman–Crippen MR) is 38.7 cm³/mol. The van der Waals surface area contributed by atoms with Crippen molar-refractivity contribution >= 4 is 17.8 Å². The summed E-state index contributed by atoms with van der Waals surface area (Å²) in [4.78, 5) is 31.0. The van der Waals surface area contributed by atoms with Crippen molar-refractivity contribution < 1.29 is 19.5 Å². The lowest BCUT2D eigenvalue weighted by Crippen LogP contribution is -2.29. The Balaban J connectivity index is 4.14. The third-order valence-electron chi connectivity index (χ3n) is 1.27. The molecule has 12 heavy (non-hydrogen) atoms. The van der Waals surface area contributed by atoms with E-state index in [1.54, 1.807) is 0 Å². The Labute approximate surface area is 68.5 Å². The molecule has 0 fully saturated rings. The average molecular weight is 174 g/mol. The maximum atomic E-state index is 10.5. The quantitative estimate of drug-likeness (QED) is 0.466. The zero-order valence-corrected chi connectivity index (χ0v) is 6.32. The zero-order chi connectivity index (χ0) is 9.72. The normalized spacial score (nSPS) is 12.0. The van der Waals surface area contributed by atoms with E-state index in [1.165, 1.54) is 0 Å². The zero-order valence-electron chi connectivity index (χ0n) is 6.32. The summed E-state index contributed by atoms with van der Waals surface area (Å²) >= 11 is 0. The van der Waals surface area contributed by atoms with Gasteiger partial charge in [0.05, 0.1) is 12.3 Å². The smallest absolute Gasteiger partial charge is 0.304 e. The van der Waals surface area contributed by atoms with Gasteiger partial charge in [0, 0.05) is 6.42 Å². The van der Waals surface area contributed by atoms with Crippen LogP contribution in [0.15, 0.2) is 0 Å². The van der Waals surface area contributed by atoms with Crippen molar-refractivity contribution in [1.29, 1.82) is 0 Å². The molecule has 0 aromatic heterocycles. The summed E-state index contributed by atoms with van der Waals surface area (Å²) in [5, 5.41) is 8.29. The minimum Gasteiger partial charge on any atom is -0.481 e. The van der Waals surface area contributed by atoms with Gasteiger partial charge in [0.2, 0.25) is 11.8 Å². The lowest BCUT2D eigenvalue weighted by Gasteiger charge is -2.06. The van der Waals surface area contributed by atoms with Gasteiger partial charge in [-0.3, -0.25) is 14.4 Å². The van der Waals surface area contributed by atoms with E-state index in [1.807, 2.05) is 0 Å². The Kier molecular flexibility index (Phi) is 3.75. The van der Waals surface area contributed by atoms with Crippen LogP contribution in [0.3, 0.4) is 0 Å². The summed E-state index contributed by atoms with van der Waals surface area (Å²) in [6, 6.07) is 0. The highest BCUT2D eigenvalue weighted by molar-refractivity contribution is 5.86. The van der Waals surface area contributed by atoms with E-state index >= 15 is 0 Å². The lowest BCUT2D eigenvalue weighted by molar-refractivity contribution is -0.141. The fraction of sp³-hybridized carbons (Fsp3) is 0.500. The number of carbonyl (C=O) groups excluding carboxylic acids is 2. The molecule has 6 heteroatoms. The molecular weight excluding hydrogens is 164 g/mol. The van der Waals surface area contributed by atoms with E-state index < -0.39 is 30.1 Å². The molecule has 5 N–H and O–H groups in total. The van der Waals surface area contributed by atoms with Crippen molar-refractivity contribution in [2.45, 2.75) is 12.8 Å². The number of carboxylic acids is 1. The molecule has 0 rings (SSSR count). The first-order valence-corrected chi connectivity index (χ1v) is 3.23. The van der Waals surface area contributed by atoms with Gasteiger partial charge >= 0.3 is 5.97 Å². The van der Waals surface area contributed by atoms with Crippen molar-refractivity contribution in [3.05, 3.63) is 0 Å². The number of hydrogen-bond acceptors (Lipinski definition) is 3. The number of primary amides is 2. The summed E-state index contributed by atoms with van der Waals surface area (Å²) in [6.45, 7) is 0. The molecule has 2 amide bonds. The molecular formula is C6H10N2O4. The van der Waals surface area contributed by atoms with Crippen molar-refractivity contribution in [2.24, 2.45) is 17.4 Å². The number of hydrogen-bond donors (Lipinski definition) is 3. The fourth-order valence-corrected chi connectivity index (χ4v) is 0.727. The molecule has 0 saturated carbocycles. The monoisotopic (exact) mass is 174 g/mol. The van der Waals surface area contributed by atoms with Crippen LogP contribution >= 0.6 is 0 Å². The summed E-state index contributed by atoms with van der Waals surface area (Å²) in [7, 11) is 0. The lowest BCUT2D eigenvalue weighted by atomic mass is 10.0. The molecule has 68 valence electrons. The van der Waals surface area contributed by atoms with Crippen molar-refractivity contribution in [2.75, 3.05) is 0 Å². The van der Waals surface area contributed by atoms with Crippen LogP contribution in [0.1, 0.15) is 12.8 Å². The minimum atomic E-state index is -1.18. The Hall–Kier alpha value is -1.59. The number of carboxylic acid groups (broad SMARTS) is 1. The second kappa shape index (κ2) is 4.32. The van der Waals surface area contributed by atoms with Gasteiger partial charge < -0.3 is 16.6 Å². The van der Waals surface area contributed by atoms with Crippen LogP contribution in [0, 0.1) is 5.92 Å². The summed E-state index contributed by atoms with van der Waals surface area (Å²) in [5.41, 5.74) is 9.59. The average Bonchev–Trinajstić information content (AvgIpc) is 1.83. The molecule has 1 unspecified atom stereocenters. The molecule has 0 aliphatic carbocycles. The maximum absolute atomic E-state index is 10.5. The molecule has 0 aliphatic heterocycles. The second-order valence-electron chi connectivity index (χ2n) is 2.37. The van der Waals surface area contributed by atoms with E-state index in [-0.39, 0.29) is 6.42 Å². The number of rotatable bonds is 5. The SMILES string of the molecule is NC(=O)CC(CC(=O)O)C(N)=O. The van der Waals surface area contributed by atoms with Gasteiger partial charge in [-0.1, -0.05) is 0 Å². The van der Waals surface area contributed by atoms with Crippen LogP contribution in [0.5, 0.6) is 0 Å². The Morgan fingerprint density at radius 2 is 1.67 bits per heavy atom. The first-order valence-electron chi connectivity index (χ1n) is 3.23. The van der Waals surface area contributed by atoms with E-state index in [4.69, 9.17) is 16.6 Å². The maximum Gasteiger partial charge on any atom is 0.304 e. The van der Waals surface area contributed by atoms with Gasteiger partial charge in [0.1, 0.15) is 0 Å². The van der Waals surface area contributed by atoms with Gasteiger partial charge in [0.25, 0.3) is 0 Å². The highest BCUT2D eigenvalue weighted by Crippen LogP contribution is 2.06. The van der Waals surface area contributed by atoms with E-state index in [2.05, 4.69) is 0 Å². The topological polar surface area (TPSA) is 123 Å². The predicted octanol–water partition coefficient (Wildman–Crippen LogP) is -1.56. The van der Waals surface area contributed by atoms with Gasteiger partial charge in [-0.05, 0) is 0 Å². The van der Waals surface area contributed by atoms with Crippen molar-refractivity contribution in [1.82, 2.24) is 0 Å². The van der Waals surface area contributed by atoms with Gasteiger partial charge in [0.15, 0.2) is 0 Å². The molecule has 0 spiro atoms. The van der Waals surface area contributed by atoms with Gasteiger partial charge in [-0.2, -0.15) is 0 Å². The third-order valence-corrected chi connectivity index (χ3v) is 1.27. The van der Waals surface area contributed by atoms with Crippen molar-refractivity contribution in [3.63, 3.8) is 0 Å². The van der Waals surface area contributed by atoms with E-state index in [9.17, 15) is 14.4 Å². The number of amides is 2. The van der Waals surface area contributed by atoms with Crippen molar-refractivity contribution in [3.8, 4) is 0 Å². The van der Waals surface area contributed by atoms with Crippen LogP contribution in [0.25, 0.3) is 0 Å². The first-order chi connectivity index (χ1) is 5.43. The van der Waals surface area contributed by atoms with E-state index in [0.717, 1.165) is 0 Å². The number of carbonyl (C=O) groups is 3. The molecule has 0 radical (unpaired) electrons. The van der Waals surface area contributed by atoms with Gasteiger partial charge in [-0.25, -0.2) is 0 Å². The molecule has 0 aliphatic rings. The van der Waals surface area contributed by atoms with Crippen LogP contribution in [0.4, 0.5) is 0 Å². The second-order valence-corrected chi connectivity index (χ2v) is 2.37. The molecule has 0 saturated heterocycles. The molecule has 1 atom stereocenters. The summed E-state index contributed by atoms with van der Waals surface area (Å²) in [5.74, 6) is -3.74. The Morgan fingerprint density at radius 3 is 1.92 bits per heavy atom. The molecule has 0 aromatic rings. The van der Waals surface area contributed by atoms with E-state index in [0.29, 0.717) is 0 Å². The largest absolute Gasteiger partial charge is 0.481 e. The van der Waals surface area contributed by atoms with Gasteiger partial charge in [-0.15, -0.1) is 0 Å². The first kappa shape index (κ1) is 10.4. The highest BCUT2D eigenvalue weighted by Gasteiger charge is 2.20. The summed E-state index contributed by atoms with van der Waals surface area (Å²) < 4.78 is 0. The minimum absolute atomic E-state index is 0.318. The molecule has 0 aromatic carbocycles. The Bertz CT molecular complexity index is 198. The van der Waals surface area contributed by atoms with Crippen LogP contribution in [-0.2, 0) is 14.4 Å². The standard InChI is InChI=1S/C6H10N2O4/c7-4(9)1-3(6(8)12)2-5(10)11/h3H,1-2H2,(H2,7,9)(H2,8,12)(H,10,11). The van der Waals surface area contributed by atoms with Crippen LogP contribution in [-0.4, -0.2) is 22.9 Å². The highest BCUT2D eigenvalue weighted by atomic mass is 16.4. The molecule has 0 bridgehead atoms. The number of nitrogens with two attached hydrogens (primary N) is 2.